The van der Waals surface area contributed by atoms with Crippen molar-refractivity contribution in [3.05, 3.63) is 24.3 Å². The number of aliphatic hydroxyl groups is 1. The monoisotopic (exact) mass is 267 g/mol. The molecule has 0 saturated carbocycles. The van der Waals surface area contributed by atoms with Crippen LogP contribution in [0.15, 0.2) is 24.3 Å². The normalized spacial score (nSPS) is 13.9. The second-order valence-corrected chi connectivity index (χ2v) is 4.88. The fourth-order valence-electron chi connectivity index (χ4n) is 1.97. The minimum atomic E-state index is -0.210. The van der Waals surface area contributed by atoms with Crippen LogP contribution in [0.4, 0.5) is 0 Å². The first-order valence-electron chi connectivity index (χ1n) is 6.76. The van der Waals surface area contributed by atoms with Crippen molar-refractivity contribution in [2.45, 2.75) is 32.2 Å². The molecule has 0 amide bonds. The topological polar surface area (TPSA) is 50.7 Å². The predicted molar refractivity (Wildman–Crippen MR) is 76.9 cm³/mol. The number of nitrogens with one attached hydrogen (secondary N) is 1. The van der Waals surface area contributed by atoms with Crippen molar-refractivity contribution in [1.82, 2.24) is 5.32 Å². The van der Waals surface area contributed by atoms with Gasteiger partial charge in [0.1, 0.15) is 11.5 Å². The van der Waals surface area contributed by atoms with Gasteiger partial charge in [-0.1, -0.05) is 6.92 Å². The van der Waals surface area contributed by atoms with E-state index in [4.69, 9.17) is 9.47 Å². The number of hydrogen-bond donors (Lipinski definition) is 2. The summed E-state index contributed by atoms with van der Waals surface area (Å²) < 4.78 is 10.7. The molecule has 1 unspecified atom stereocenters. The third-order valence-corrected chi connectivity index (χ3v) is 3.15. The van der Waals surface area contributed by atoms with E-state index in [1.807, 2.05) is 38.1 Å². The molecule has 0 radical (unpaired) electrons. The van der Waals surface area contributed by atoms with Crippen LogP contribution in [-0.4, -0.2) is 37.5 Å². The number of hydrogen-bond acceptors (Lipinski definition) is 4. The van der Waals surface area contributed by atoms with Crippen molar-refractivity contribution in [1.29, 1.82) is 0 Å². The Morgan fingerprint density at radius 3 is 2.37 bits per heavy atom. The number of likely N-dealkylation sites (N-methyl/N-ethyl adjacent to an activating group) is 1. The average molecular weight is 267 g/mol. The van der Waals surface area contributed by atoms with Crippen LogP contribution in [-0.2, 0) is 0 Å². The quantitative estimate of drug-likeness (QED) is 0.674. The lowest BCUT2D eigenvalue weighted by Gasteiger charge is -2.28. The maximum Gasteiger partial charge on any atom is 0.119 e. The number of benzene rings is 1. The molecule has 0 heterocycles. The van der Waals surface area contributed by atoms with E-state index < -0.39 is 0 Å². The summed E-state index contributed by atoms with van der Waals surface area (Å²) >= 11 is 0. The maximum absolute atomic E-state index is 9.37. The summed E-state index contributed by atoms with van der Waals surface area (Å²) in [5.74, 6) is 1.67. The zero-order valence-electron chi connectivity index (χ0n) is 12.1. The second kappa shape index (κ2) is 8.02. The van der Waals surface area contributed by atoms with Gasteiger partial charge in [0.25, 0.3) is 0 Å². The Morgan fingerprint density at radius 2 is 1.84 bits per heavy atom. The van der Waals surface area contributed by atoms with Gasteiger partial charge in [0.05, 0.1) is 20.3 Å². The molecule has 4 nitrogen and oxygen atoms in total. The highest BCUT2D eigenvalue weighted by Crippen LogP contribution is 2.18. The van der Waals surface area contributed by atoms with E-state index in [1.54, 1.807) is 7.11 Å². The first-order valence-corrected chi connectivity index (χ1v) is 6.76. The lowest BCUT2D eigenvalue weighted by Crippen LogP contribution is -2.45. The predicted octanol–water partition coefficient (Wildman–Crippen LogP) is 2.21. The molecule has 4 heteroatoms. The van der Waals surface area contributed by atoms with Crippen molar-refractivity contribution < 1.29 is 14.6 Å². The Bertz CT molecular complexity index is 353. The standard InChI is InChI=1S/C15H25NO3/c1-4-16-15(2,12-17)10-5-11-19-14-8-6-13(18-3)7-9-14/h6-9,16-17H,4-5,10-12H2,1-3H3. The number of aliphatic hydroxyl groups excluding tert-OH is 1. The van der Waals surface area contributed by atoms with E-state index in [1.165, 1.54) is 0 Å². The van der Waals surface area contributed by atoms with Gasteiger partial charge in [0, 0.05) is 5.54 Å². The van der Waals surface area contributed by atoms with E-state index in [-0.39, 0.29) is 12.1 Å². The molecule has 0 spiro atoms. The van der Waals surface area contributed by atoms with E-state index in [0.29, 0.717) is 6.61 Å². The van der Waals surface area contributed by atoms with Gasteiger partial charge in [-0.05, 0) is 50.6 Å². The van der Waals surface area contributed by atoms with Gasteiger partial charge in [0.15, 0.2) is 0 Å². The summed E-state index contributed by atoms with van der Waals surface area (Å²) in [6.07, 6.45) is 1.78. The van der Waals surface area contributed by atoms with Crippen molar-refractivity contribution in [3.63, 3.8) is 0 Å². The largest absolute Gasteiger partial charge is 0.497 e. The lowest BCUT2D eigenvalue weighted by molar-refractivity contribution is 0.158. The highest BCUT2D eigenvalue weighted by Gasteiger charge is 2.20. The van der Waals surface area contributed by atoms with E-state index in [2.05, 4.69) is 5.32 Å². The van der Waals surface area contributed by atoms with Crippen LogP contribution in [0.25, 0.3) is 0 Å². The van der Waals surface area contributed by atoms with E-state index in [9.17, 15) is 5.11 Å². The maximum atomic E-state index is 9.37. The molecule has 0 bridgehead atoms. The number of rotatable bonds is 9. The van der Waals surface area contributed by atoms with Gasteiger partial charge >= 0.3 is 0 Å². The Balaban J connectivity index is 2.29. The third kappa shape index (κ3) is 5.49. The molecule has 0 aromatic heterocycles. The molecule has 19 heavy (non-hydrogen) atoms. The molecule has 1 aromatic carbocycles. The van der Waals surface area contributed by atoms with E-state index in [0.717, 1.165) is 30.9 Å². The van der Waals surface area contributed by atoms with Crippen molar-refractivity contribution in [3.8, 4) is 11.5 Å². The highest BCUT2D eigenvalue weighted by atomic mass is 16.5. The summed E-state index contributed by atoms with van der Waals surface area (Å²) in [7, 11) is 1.65. The minimum Gasteiger partial charge on any atom is -0.497 e. The zero-order chi connectivity index (χ0) is 14.1. The lowest BCUT2D eigenvalue weighted by atomic mass is 9.97. The number of ether oxygens (including phenoxy) is 2. The fraction of sp³-hybridized carbons (Fsp3) is 0.600. The summed E-state index contributed by atoms with van der Waals surface area (Å²) in [4.78, 5) is 0. The van der Waals surface area contributed by atoms with Crippen LogP contribution < -0.4 is 14.8 Å². The van der Waals surface area contributed by atoms with Crippen molar-refractivity contribution in [2.75, 3.05) is 26.9 Å². The summed E-state index contributed by atoms with van der Waals surface area (Å²) in [5.41, 5.74) is -0.210. The van der Waals surface area contributed by atoms with Gasteiger partial charge in [-0.3, -0.25) is 0 Å². The molecular formula is C15H25NO3. The summed E-state index contributed by atoms with van der Waals surface area (Å²) in [6, 6.07) is 7.56. The molecule has 0 aliphatic rings. The molecule has 1 rings (SSSR count). The van der Waals surface area contributed by atoms with Gasteiger partial charge in [0.2, 0.25) is 0 Å². The molecule has 0 aliphatic heterocycles. The van der Waals surface area contributed by atoms with Gasteiger partial charge in [-0.2, -0.15) is 0 Å². The van der Waals surface area contributed by atoms with Gasteiger partial charge in [-0.25, -0.2) is 0 Å². The highest BCUT2D eigenvalue weighted by molar-refractivity contribution is 5.31. The molecular weight excluding hydrogens is 242 g/mol. The average Bonchev–Trinajstić information content (AvgIpc) is 2.44. The van der Waals surface area contributed by atoms with Crippen molar-refractivity contribution in [2.24, 2.45) is 0 Å². The SMILES string of the molecule is CCNC(C)(CO)CCCOc1ccc(OC)cc1. The van der Waals surface area contributed by atoms with E-state index >= 15 is 0 Å². The molecule has 0 fully saturated rings. The Kier molecular flexibility index (Phi) is 6.67. The van der Waals surface area contributed by atoms with Gasteiger partial charge in [-0.15, -0.1) is 0 Å². The first kappa shape index (κ1) is 15.8. The fourth-order valence-corrected chi connectivity index (χ4v) is 1.97. The van der Waals surface area contributed by atoms with Crippen LogP contribution in [0.1, 0.15) is 26.7 Å². The van der Waals surface area contributed by atoms with Gasteiger partial charge < -0.3 is 19.9 Å². The third-order valence-electron chi connectivity index (χ3n) is 3.15. The number of methoxy groups -OCH3 is 1. The summed E-state index contributed by atoms with van der Waals surface area (Å²) in [6.45, 7) is 5.72. The Hall–Kier alpha value is -1.26. The van der Waals surface area contributed by atoms with Crippen molar-refractivity contribution >= 4 is 0 Å². The second-order valence-electron chi connectivity index (χ2n) is 4.88. The first-order chi connectivity index (χ1) is 9.13. The van der Waals surface area contributed by atoms with Crippen LogP contribution in [0, 0.1) is 0 Å². The molecule has 1 aromatic rings. The van der Waals surface area contributed by atoms with Crippen LogP contribution in [0.3, 0.4) is 0 Å². The molecule has 0 saturated heterocycles. The zero-order valence-corrected chi connectivity index (χ0v) is 12.1. The summed E-state index contributed by atoms with van der Waals surface area (Å²) in [5, 5.41) is 12.7. The van der Waals surface area contributed by atoms with Crippen LogP contribution >= 0.6 is 0 Å². The minimum absolute atomic E-state index is 0.142. The smallest absolute Gasteiger partial charge is 0.119 e. The molecule has 0 aliphatic carbocycles. The Morgan fingerprint density at radius 1 is 1.21 bits per heavy atom. The van der Waals surface area contributed by atoms with Crippen LogP contribution in [0.5, 0.6) is 11.5 Å². The Labute approximate surface area is 115 Å². The van der Waals surface area contributed by atoms with Crippen LogP contribution in [0.2, 0.25) is 0 Å². The molecule has 108 valence electrons. The molecule has 2 N–H and O–H groups in total. The molecule has 1 atom stereocenters.